The molecular formula is C31H37NO5S. The molecule has 5 rings (SSSR count). The van der Waals surface area contributed by atoms with Gasteiger partial charge in [-0.1, -0.05) is 48.9 Å². The number of hydrogen-bond acceptors (Lipinski definition) is 5. The highest BCUT2D eigenvalue weighted by molar-refractivity contribution is 7.89. The Bertz CT molecular complexity index is 1430. The van der Waals surface area contributed by atoms with Gasteiger partial charge in [-0.15, -0.1) is 0 Å². The van der Waals surface area contributed by atoms with Crippen molar-refractivity contribution in [1.29, 1.82) is 0 Å². The van der Waals surface area contributed by atoms with Gasteiger partial charge in [0.1, 0.15) is 11.5 Å². The summed E-state index contributed by atoms with van der Waals surface area (Å²) < 4.78 is 33.5. The molecule has 0 amide bonds. The third-order valence-corrected chi connectivity index (χ3v) is 10.1. The molecular weight excluding hydrogens is 498 g/mol. The molecule has 3 aromatic rings. The summed E-state index contributed by atoms with van der Waals surface area (Å²) in [6.07, 6.45) is 5.79. The molecule has 2 aliphatic rings. The number of piperidine rings is 1. The molecule has 38 heavy (non-hydrogen) atoms. The molecule has 1 aliphatic carbocycles. The number of hydrogen-bond donors (Lipinski definition) is 1. The quantitative estimate of drug-likeness (QED) is 0.357. The highest BCUT2D eigenvalue weighted by Crippen LogP contribution is 2.42. The van der Waals surface area contributed by atoms with Crippen LogP contribution in [0.25, 0.3) is 0 Å². The Balaban J connectivity index is 1.25. The first kappa shape index (κ1) is 26.7. The van der Waals surface area contributed by atoms with Crippen LogP contribution in [0.4, 0.5) is 0 Å². The fraction of sp³-hybridized carbons (Fsp3) is 0.452. The monoisotopic (exact) mass is 535 g/mol. The number of nitrogens with zero attached hydrogens (tertiary/aromatic N) is 1. The maximum absolute atomic E-state index is 13.1. The van der Waals surface area contributed by atoms with Gasteiger partial charge in [0.2, 0.25) is 10.0 Å². The number of sulfonamides is 1. The van der Waals surface area contributed by atoms with Gasteiger partial charge in [-0.2, -0.15) is 4.31 Å². The van der Waals surface area contributed by atoms with E-state index in [1.165, 1.54) is 18.4 Å². The van der Waals surface area contributed by atoms with Crippen LogP contribution in [0, 0.1) is 12.8 Å². The summed E-state index contributed by atoms with van der Waals surface area (Å²) >= 11 is 0. The molecule has 1 aliphatic heterocycles. The second-order valence-electron chi connectivity index (χ2n) is 11.0. The van der Waals surface area contributed by atoms with E-state index in [9.17, 15) is 18.3 Å². The van der Waals surface area contributed by atoms with Gasteiger partial charge < -0.3 is 9.52 Å². The molecule has 1 saturated heterocycles. The van der Waals surface area contributed by atoms with E-state index in [4.69, 9.17) is 4.42 Å². The van der Waals surface area contributed by atoms with Gasteiger partial charge in [0.15, 0.2) is 0 Å². The van der Waals surface area contributed by atoms with Crippen LogP contribution in [0.5, 0.6) is 5.75 Å². The lowest BCUT2D eigenvalue weighted by atomic mass is 9.85. The largest absolute Gasteiger partial charge is 0.507 e. The van der Waals surface area contributed by atoms with Crippen LogP contribution in [0.3, 0.4) is 0 Å². The average molecular weight is 536 g/mol. The van der Waals surface area contributed by atoms with E-state index < -0.39 is 15.6 Å². The predicted molar refractivity (Wildman–Crippen MR) is 148 cm³/mol. The lowest BCUT2D eigenvalue weighted by Gasteiger charge is -2.32. The van der Waals surface area contributed by atoms with Crippen molar-refractivity contribution in [3.8, 4) is 5.75 Å². The summed E-state index contributed by atoms with van der Waals surface area (Å²) in [5.41, 5.74) is 3.21. The molecule has 0 spiro atoms. The van der Waals surface area contributed by atoms with Crippen molar-refractivity contribution in [3.63, 3.8) is 0 Å². The van der Waals surface area contributed by atoms with Crippen molar-refractivity contribution in [2.45, 2.75) is 75.5 Å². The zero-order valence-corrected chi connectivity index (χ0v) is 23.0. The molecule has 7 heteroatoms. The maximum Gasteiger partial charge on any atom is 0.343 e. The van der Waals surface area contributed by atoms with E-state index in [1.807, 2.05) is 37.3 Å². The zero-order valence-electron chi connectivity index (χ0n) is 22.2. The van der Waals surface area contributed by atoms with E-state index in [-0.39, 0.29) is 11.7 Å². The highest BCUT2D eigenvalue weighted by atomic mass is 32.2. The molecule has 1 atom stereocenters. The average Bonchev–Trinajstić information content (AvgIpc) is 3.75. The van der Waals surface area contributed by atoms with Crippen LogP contribution in [-0.4, -0.2) is 30.9 Å². The number of aryl methyl sites for hydroxylation is 1. The van der Waals surface area contributed by atoms with Crippen LogP contribution >= 0.6 is 0 Å². The lowest BCUT2D eigenvalue weighted by Crippen LogP contribution is -2.38. The van der Waals surface area contributed by atoms with E-state index in [0.29, 0.717) is 47.6 Å². The van der Waals surface area contributed by atoms with Gasteiger partial charge >= 0.3 is 5.63 Å². The van der Waals surface area contributed by atoms with Crippen LogP contribution in [0.2, 0.25) is 0 Å². The van der Waals surface area contributed by atoms with Gasteiger partial charge in [0.05, 0.1) is 10.5 Å². The molecule has 202 valence electrons. The SMILES string of the molecule is CCC(CC1CCN(S(=O)(=O)c2ccc(C)cc2)CC1)c1cc(O)c(Cc2ccccc2C2CC2)c(=O)o1. The summed E-state index contributed by atoms with van der Waals surface area (Å²) in [5.74, 6) is 1.39. The minimum absolute atomic E-state index is 0.000638. The Hall–Kier alpha value is -2.90. The highest BCUT2D eigenvalue weighted by Gasteiger charge is 2.31. The van der Waals surface area contributed by atoms with Crippen molar-refractivity contribution < 1.29 is 17.9 Å². The van der Waals surface area contributed by atoms with Crippen LogP contribution in [0.15, 0.2) is 68.7 Å². The Labute approximate surface area is 225 Å². The fourth-order valence-electron chi connectivity index (χ4n) is 5.70. The van der Waals surface area contributed by atoms with E-state index >= 15 is 0 Å². The van der Waals surface area contributed by atoms with Crippen molar-refractivity contribution in [1.82, 2.24) is 4.31 Å². The third-order valence-electron chi connectivity index (χ3n) is 8.23. The smallest absolute Gasteiger partial charge is 0.343 e. The van der Waals surface area contributed by atoms with Gasteiger partial charge in [0.25, 0.3) is 0 Å². The lowest BCUT2D eigenvalue weighted by molar-refractivity contribution is 0.242. The Morgan fingerprint density at radius 2 is 1.71 bits per heavy atom. The fourth-order valence-corrected chi connectivity index (χ4v) is 7.17. The summed E-state index contributed by atoms with van der Waals surface area (Å²) in [4.78, 5) is 13.3. The molecule has 1 aromatic heterocycles. The Kier molecular flexibility index (Phi) is 7.78. The second-order valence-corrected chi connectivity index (χ2v) is 12.9. The van der Waals surface area contributed by atoms with Crippen molar-refractivity contribution >= 4 is 10.0 Å². The van der Waals surface area contributed by atoms with Gasteiger partial charge in [-0.05, 0) is 80.5 Å². The molecule has 0 bridgehead atoms. The summed E-state index contributed by atoms with van der Waals surface area (Å²) in [7, 11) is -3.49. The van der Waals surface area contributed by atoms with E-state index in [1.54, 1.807) is 22.5 Å². The van der Waals surface area contributed by atoms with Crippen molar-refractivity contribution in [3.05, 3.63) is 93.0 Å². The van der Waals surface area contributed by atoms with Crippen LogP contribution in [0.1, 0.15) is 85.3 Å². The molecule has 1 saturated carbocycles. The third kappa shape index (κ3) is 5.74. The zero-order chi connectivity index (χ0) is 26.9. The number of benzene rings is 2. The first-order valence-corrected chi connectivity index (χ1v) is 15.2. The Morgan fingerprint density at radius 1 is 1.03 bits per heavy atom. The molecule has 2 heterocycles. The second kappa shape index (κ2) is 11.1. The van der Waals surface area contributed by atoms with Gasteiger partial charge in [0, 0.05) is 31.5 Å². The first-order valence-electron chi connectivity index (χ1n) is 13.8. The van der Waals surface area contributed by atoms with E-state index in [0.717, 1.165) is 36.8 Å². The van der Waals surface area contributed by atoms with Gasteiger partial charge in [-0.25, -0.2) is 13.2 Å². The summed E-state index contributed by atoms with van der Waals surface area (Å²) in [6, 6.07) is 16.8. The van der Waals surface area contributed by atoms with Crippen LogP contribution in [-0.2, 0) is 16.4 Å². The minimum atomic E-state index is -3.49. The first-order chi connectivity index (χ1) is 18.3. The molecule has 6 nitrogen and oxygen atoms in total. The van der Waals surface area contributed by atoms with Crippen LogP contribution < -0.4 is 5.63 Å². The standard InChI is InChI=1S/C31H37NO5S/c1-3-23(18-22-14-16-32(17-15-22)38(35,36)26-12-8-21(2)9-13-26)30-20-29(33)28(31(34)37-30)19-25-6-4-5-7-27(25)24-10-11-24/h4-9,12-13,20,22-24,33H,3,10-11,14-19H2,1-2H3. The van der Waals surface area contributed by atoms with E-state index in [2.05, 4.69) is 13.0 Å². The van der Waals surface area contributed by atoms with Crippen molar-refractivity contribution in [2.24, 2.45) is 5.92 Å². The maximum atomic E-state index is 13.1. The minimum Gasteiger partial charge on any atom is -0.507 e. The molecule has 1 unspecified atom stereocenters. The molecule has 0 radical (unpaired) electrons. The molecule has 2 aromatic carbocycles. The summed E-state index contributed by atoms with van der Waals surface area (Å²) in [6.45, 7) is 4.95. The van der Waals surface area contributed by atoms with Crippen molar-refractivity contribution in [2.75, 3.05) is 13.1 Å². The summed E-state index contributed by atoms with van der Waals surface area (Å²) in [5, 5.41) is 10.8. The predicted octanol–water partition coefficient (Wildman–Crippen LogP) is 6.11. The normalized spacial score (nSPS) is 17.9. The Morgan fingerprint density at radius 3 is 2.34 bits per heavy atom. The topological polar surface area (TPSA) is 87.8 Å². The van der Waals surface area contributed by atoms with Gasteiger partial charge in [-0.3, -0.25) is 0 Å². The molecule has 2 fully saturated rings. The molecule has 1 N–H and O–H groups in total. The number of rotatable bonds is 9. The number of aromatic hydroxyl groups is 1.